The van der Waals surface area contributed by atoms with Crippen molar-refractivity contribution in [3.05, 3.63) is 0 Å². The topological polar surface area (TPSA) is 149 Å². The predicted octanol–water partition coefficient (Wildman–Crippen LogP) is -0.434. The van der Waals surface area contributed by atoms with Crippen LogP contribution in [0.25, 0.3) is 0 Å². The third-order valence-electron chi connectivity index (χ3n) is 3.56. The Morgan fingerprint density at radius 1 is 1.00 bits per heavy atom. The Morgan fingerprint density at radius 3 is 1.93 bits per heavy atom. The molecule has 0 saturated carbocycles. The minimum absolute atomic E-state index is 0.124. The number of unbranched alkanes of at least 4 members (excludes halogenated alkanes) is 4. The summed E-state index contributed by atoms with van der Waals surface area (Å²) in [6, 6.07) is 0. The molecule has 0 aromatic rings. The average Bonchev–Trinajstić information content (AvgIpc) is 3.55. The van der Waals surface area contributed by atoms with Crippen LogP contribution >= 0.6 is 0 Å². The van der Waals surface area contributed by atoms with Crippen LogP contribution in [0.2, 0.25) is 0 Å². The quantitative estimate of drug-likeness (QED) is 0.150. The molecule has 4 N–H and O–H groups in total. The van der Waals surface area contributed by atoms with Crippen molar-refractivity contribution >= 4 is 12.3 Å². The smallest absolute Gasteiger partial charge is 0.306 e. The summed E-state index contributed by atoms with van der Waals surface area (Å²) in [5.41, 5.74) is 0. The summed E-state index contributed by atoms with van der Waals surface area (Å²) in [5, 5.41) is 36.9. The number of hydrogen-bond donors (Lipinski definition) is 4. The highest BCUT2D eigenvalue weighted by Gasteiger charge is 2.33. The first-order valence-electron chi connectivity index (χ1n) is 9.43. The molecule has 2 aliphatic rings. The van der Waals surface area contributed by atoms with Crippen LogP contribution in [-0.4, -0.2) is 90.1 Å². The zero-order chi connectivity index (χ0) is 20.5. The Morgan fingerprint density at radius 2 is 1.52 bits per heavy atom. The van der Waals surface area contributed by atoms with Gasteiger partial charge in [-0.2, -0.15) is 0 Å². The van der Waals surface area contributed by atoms with Crippen LogP contribution in [0.4, 0.5) is 0 Å². The Labute approximate surface area is 160 Å². The molecule has 4 atom stereocenters. The van der Waals surface area contributed by atoms with E-state index in [0.29, 0.717) is 6.42 Å². The normalized spacial score (nSPS) is 18.4. The second-order valence-electron chi connectivity index (χ2n) is 6.21. The molecule has 0 radical (unpaired) electrons. The number of carbonyl (C=O) groups excluding carboxylic acids is 2. The van der Waals surface area contributed by atoms with E-state index in [9.17, 15) is 24.9 Å². The highest BCUT2D eigenvalue weighted by molar-refractivity contribution is 5.72. The van der Waals surface area contributed by atoms with Gasteiger partial charge in [0.1, 0.15) is 18.3 Å². The number of rotatable bonds is 12. The maximum atomic E-state index is 11.5. The molecular formula is C18H34O9. The summed E-state index contributed by atoms with van der Waals surface area (Å²) in [7, 11) is 0. The number of aliphatic hydroxyl groups excluding tert-OH is 4. The molecule has 9 heteroatoms. The Hall–Kier alpha value is -1.10. The molecule has 2 rings (SSSR count). The second-order valence-corrected chi connectivity index (χ2v) is 6.21. The summed E-state index contributed by atoms with van der Waals surface area (Å²) in [5.74, 6) is -0.645. The van der Waals surface area contributed by atoms with Gasteiger partial charge in [-0.3, -0.25) is 9.59 Å². The van der Waals surface area contributed by atoms with Crippen molar-refractivity contribution in [2.75, 3.05) is 33.0 Å². The van der Waals surface area contributed by atoms with Gasteiger partial charge in [-0.1, -0.05) is 32.6 Å². The molecular weight excluding hydrogens is 360 g/mol. The molecule has 0 unspecified atom stereocenters. The zero-order valence-corrected chi connectivity index (χ0v) is 16.0. The van der Waals surface area contributed by atoms with Gasteiger partial charge in [0, 0.05) is 6.42 Å². The number of hydrogen-bond acceptors (Lipinski definition) is 9. The first kappa shape index (κ1) is 25.9. The van der Waals surface area contributed by atoms with Gasteiger partial charge >= 0.3 is 5.97 Å². The molecule has 2 fully saturated rings. The largest absolute Gasteiger partial charge is 0.452 e. The van der Waals surface area contributed by atoms with E-state index < -0.39 is 37.0 Å². The number of ether oxygens (including phenoxy) is 3. The van der Waals surface area contributed by atoms with Crippen LogP contribution in [0, 0.1) is 0 Å². The fraction of sp³-hybridized carbons (Fsp3) is 0.889. The summed E-state index contributed by atoms with van der Waals surface area (Å²) in [4.78, 5) is 22.3. The van der Waals surface area contributed by atoms with E-state index in [4.69, 9.17) is 9.84 Å². The molecule has 0 bridgehead atoms. The van der Waals surface area contributed by atoms with Crippen molar-refractivity contribution in [3.8, 4) is 0 Å². The molecule has 0 spiro atoms. The molecule has 2 saturated heterocycles. The van der Waals surface area contributed by atoms with Crippen LogP contribution in [0.3, 0.4) is 0 Å². The average molecular weight is 394 g/mol. The Balaban J connectivity index is 0.000000932. The number of epoxide rings is 2. The van der Waals surface area contributed by atoms with Crippen molar-refractivity contribution in [1.82, 2.24) is 0 Å². The van der Waals surface area contributed by atoms with E-state index in [1.165, 1.54) is 0 Å². The van der Waals surface area contributed by atoms with Crippen molar-refractivity contribution < 1.29 is 44.2 Å². The Bertz CT molecular complexity index is 362. The molecule has 27 heavy (non-hydrogen) atoms. The summed E-state index contributed by atoms with van der Waals surface area (Å²) in [6.45, 7) is 5.30. The first-order chi connectivity index (χ1) is 13.0. The predicted molar refractivity (Wildman–Crippen MR) is 96.1 cm³/mol. The lowest BCUT2D eigenvalue weighted by Crippen LogP contribution is -2.48. The van der Waals surface area contributed by atoms with Gasteiger partial charge in [0.2, 0.25) is 0 Å². The minimum Gasteiger partial charge on any atom is -0.452 e. The lowest BCUT2D eigenvalue weighted by atomic mass is 10.0. The second kappa shape index (κ2) is 17.0. The number of aliphatic hydroxyl groups is 4. The van der Waals surface area contributed by atoms with Crippen molar-refractivity contribution in [2.24, 2.45) is 0 Å². The van der Waals surface area contributed by atoms with Gasteiger partial charge in [-0.25, -0.2) is 0 Å². The van der Waals surface area contributed by atoms with E-state index >= 15 is 0 Å². The maximum Gasteiger partial charge on any atom is 0.306 e. The SMILES string of the molecule is C1CO1.C1CO1.CCCCCCCC(=O)O[C@@H](C=O)[C@@H](O)[C@H](O)[C@H](O)CO. The lowest BCUT2D eigenvalue weighted by Gasteiger charge is -2.25. The van der Waals surface area contributed by atoms with Crippen LogP contribution in [0.1, 0.15) is 45.4 Å². The van der Waals surface area contributed by atoms with Gasteiger partial charge in [0.25, 0.3) is 0 Å². The van der Waals surface area contributed by atoms with E-state index in [1.807, 2.05) is 0 Å². The number of carbonyl (C=O) groups is 2. The van der Waals surface area contributed by atoms with E-state index in [-0.39, 0.29) is 12.7 Å². The zero-order valence-electron chi connectivity index (χ0n) is 16.0. The molecule has 9 nitrogen and oxygen atoms in total. The first-order valence-corrected chi connectivity index (χ1v) is 9.43. The van der Waals surface area contributed by atoms with Gasteiger partial charge in [-0.05, 0) is 6.42 Å². The molecule has 160 valence electrons. The van der Waals surface area contributed by atoms with E-state index in [1.54, 1.807) is 0 Å². The van der Waals surface area contributed by atoms with E-state index in [2.05, 4.69) is 16.4 Å². The lowest BCUT2D eigenvalue weighted by molar-refractivity contribution is -0.168. The highest BCUT2D eigenvalue weighted by Crippen LogP contribution is 2.10. The summed E-state index contributed by atoms with van der Waals surface area (Å²) in [6.07, 6.45) is -1.72. The van der Waals surface area contributed by atoms with Crippen LogP contribution in [0.5, 0.6) is 0 Å². The maximum absolute atomic E-state index is 11.5. The minimum atomic E-state index is -1.78. The van der Waals surface area contributed by atoms with Crippen LogP contribution in [-0.2, 0) is 23.8 Å². The summed E-state index contributed by atoms with van der Waals surface area (Å²) < 4.78 is 13.8. The van der Waals surface area contributed by atoms with Crippen molar-refractivity contribution in [1.29, 1.82) is 0 Å². The molecule has 0 aliphatic carbocycles. The number of aldehydes is 1. The van der Waals surface area contributed by atoms with Gasteiger partial charge in [0.15, 0.2) is 12.4 Å². The van der Waals surface area contributed by atoms with Gasteiger partial charge in [-0.15, -0.1) is 0 Å². The van der Waals surface area contributed by atoms with Gasteiger partial charge in [0.05, 0.1) is 33.0 Å². The van der Waals surface area contributed by atoms with Crippen LogP contribution < -0.4 is 0 Å². The summed E-state index contributed by atoms with van der Waals surface area (Å²) >= 11 is 0. The fourth-order valence-corrected chi connectivity index (χ4v) is 1.79. The monoisotopic (exact) mass is 394 g/mol. The van der Waals surface area contributed by atoms with E-state index in [0.717, 1.165) is 52.1 Å². The van der Waals surface area contributed by atoms with Crippen molar-refractivity contribution in [2.45, 2.75) is 69.9 Å². The molecule has 0 aromatic heterocycles. The van der Waals surface area contributed by atoms with Crippen molar-refractivity contribution in [3.63, 3.8) is 0 Å². The molecule has 2 aliphatic heterocycles. The Kier molecular flexibility index (Phi) is 16.3. The highest BCUT2D eigenvalue weighted by atomic mass is 16.6. The third-order valence-corrected chi connectivity index (χ3v) is 3.56. The third kappa shape index (κ3) is 16.8. The molecule has 0 amide bonds. The van der Waals surface area contributed by atoms with Gasteiger partial charge < -0.3 is 34.6 Å². The van der Waals surface area contributed by atoms with Crippen LogP contribution in [0.15, 0.2) is 0 Å². The molecule has 2 heterocycles. The fourth-order valence-electron chi connectivity index (χ4n) is 1.79. The number of esters is 1. The molecule has 0 aromatic carbocycles. The standard InChI is InChI=1S/C14H26O7.2C2H4O/c1-2-3-4-5-6-7-12(18)21-11(9-16)14(20)13(19)10(17)8-15;2*1-2-3-1/h9-11,13-15,17,19-20H,2-8H2,1H3;2*1-2H2/t10-,11+,13-,14-;;/m1../s1.